The van der Waals surface area contributed by atoms with Crippen LogP contribution in [0, 0.1) is 12.3 Å². The lowest BCUT2D eigenvalue weighted by Gasteiger charge is -2.36. The van der Waals surface area contributed by atoms with Gasteiger partial charge in [-0.05, 0) is 24.8 Å². The Morgan fingerprint density at radius 2 is 1.78 bits per heavy atom. The summed E-state index contributed by atoms with van der Waals surface area (Å²) in [4.78, 5) is 0. The molecule has 0 radical (unpaired) electrons. The van der Waals surface area contributed by atoms with E-state index in [9.17, 15) is 0 Å². The van der Waals surface area contributed by atoms with E-state index in [0.29, 0.717) is 6.61 Å². The van der Waals surface area contributed by atoms with Crippen LogP contribution in [-0.2, 0) is 4.74 Å². The number of nitrogens with two attached hydrogens (primary N) is 1. The first kappa shape index (κ1) is 15.2. The van der Waals surface area contributed by atoms with E-state index >= 15 is 0 Å². The highest BCUT2D eigenvalue weighted by Crippen LogP contribution is 2.32. The first-order valence-corrected chi connectivity index (χ1v) is 6.54. The maximum atomic E-state index is 5.90. The molecule has 0 aliphatic rings. The van der Waals surface area contributed by atoms with Crippen molar-refractivity contribution in [2.45, 2.75) is 46.8 Å². The summed E-state index contributed by atoms with van der Waals surface area (Å²) in [6, 6.07) is 8.43. The third kappa shape index (κ3) is 3.80. The number of hydrazine groups is 1. The van der Waals surface area contributed by atoms with Crippen LogP contribution in [0.5, 0.6) is 0 Å². The normalized spacial score (nSPS) is 15.4. The minimum Gasteiger partial charge on any atom is -0.376 e. The van der Waals surface area contributed by atoms with E-state index in [1.807, 2.05) is 6.92 Å². The van der Waals surface area contributed by atoms with Gasteiger partial charge in [0.25, 0.3) is 0 Å². The molecular formula is C15H26N2O. The molecular weight excluding hydrogens is 224 g/mol. The highest BCUT2D eigenvalue weighted by atomic mass is 16.5. The average molecular weight is 250 g/mol. The van der Waals surface area contributed by atoms with E-state index in [1.54, 1.807) is 0 Å². The summed E-state index contributed by atoms with van der Waals surface area (Å²) in [5.41, 5.74) is 5.34. The lowest BCUT2D eigenvalue weighted by atomic mass is 9.82. The van der Waals surface area contributed by atoms with Crippen molar-refractivity contribution in [2.24, 2.45) is 11.3 Å². The summed E-state index contributed by atoms with van der Waals surface area (Å²) in [5.74, 6) is 5.74. The number of nitrogens with one attached hydrogen (secondary N) is 1. The van der Waals surface area contributed by atoms with Gasteiger partial charge in [0, 0.05) is 6.61 Å². The van der Waals surface area contributed by atoms with Crippen LogP contribution in [0.25, 0.3) is 0 Å². The molecule has 1 rings (SSSR count). The molecule has 0 aliphatic carbocycles. The van der Waals surface area contributed by atoms with E-state index in [0.717, 1.165) is 5.56 Å². The molecule has 0 saturated carbocycles. The van der Waals surface area contributed by atoms with Crippen molar-refractivity contribution in [2.75, 3.05) is 6.61 Å². The van der Waals surface area contributed by atoms with Crippen molar-refractivity contribution < 1.29 is 4.74 Å². The van der Waals surface area contributed by atoms with E-state index in [-0.39, 0.29) is 17.6 Å². The largest absolute Gasteiger partial charge is 0.376 e. The molecule has 2 unspecified atom stereocenters. The minimum atomic E-state index is 0.00514. The van der Waals surface area contributed by atoms with Gasteiger partial charge in [-0.3, -0.25) is 11.3 Å². The molecule has 2 atom stereocenters. The van der Waals surface area contributed by atoms with Crippen molar-refractivity contribution in [1.82, 2.24) is 5.43 Å². The van der Waals surface area contributed by atoms with Gasteiger partial charge in [-0.25, -0.2) is 0 Å². The Labute approximate surface area is 111 Å². The summed E-state index contributed by atoms with van der Waals surface area (Å²) in [5, 5.41) is 0. The lowest BCUT2D eigenvalue weighted by Crippen LogP contribution is -2.44. The van der Waals surface area contributed by atoms with Gasteiger partial charge in [0.15, 0.2) is 0 Å². The van der Waals surface area contributed by atoms with E-state index < -0.39 is 0 Å². The molecule has 1 aromatic rings. The number of hydrogen-bond acceptors (Lipinski definition) is 3. The fraction of sp³-hybridized carbons (Fsp3) is 0.600. The zero-order chi connectivity index (χ0) is 13.8. The summed E-state index contributed by atoms with van der Waals surface area (Å²) in [6.07, 6.45) is 0.0372. The predicted molar refractivity (Wildman–Crippen MR) is 76.1 cm³/mol. The van der Waals surface area contributed by atoms with E-state index in [4.69, 9.17) is 10.6 Å². The Morgan fingerprint density at radius 1 is 1.22 bits per heavy atom. The summed E-state index contributed by atoms with van der Waals surface area (Å²) in [7, 11) is 0. The second-order valence-electron chi connectivity index (χ2n) is 5.80. The van der Waals surface area contributed by atoms with Crippen molar-refractivity contribution >= 4 is 0 Å². The van der Waals surface area contributed by atoms with Crippen molar-refractivity contribution in [3.63, 3.8) is 0 Å². The van der Waals surface area contributed by atoms with Gasteiger partial charge < -0.3 is 4.74 Å². The predicted octanol–water partition coefficient (Wildman–Crippen LogP) is 2.95. The van der Waals surface area contributed by atoms with Gasteiger partial charge in [-0.1, -0.05) is 50.6 Å². The molecule has 18 heavy (non-hydrogen) atoms. The zero-order valence-electron chi connectivity index (χ0n) is 12.2. The van der Waals surface area contributed by atoms with Crippen molar-refractivity contribution in [3.8, 4) is 0 Å². The van der Waals surface area contributed by atoms with Crippen molar-refractivity contribution in [1.29, 1.82) is 0 Å². The molecule has 0 fully saturated rings. The fourth-order valence-electron chi connectivity index (χ4n) is 2.16. The fourth-order valence-corrected chi connectivity index (χ4v) is 2.16. The van der Waals surface area contributed by atoms with Gasteiger partial charge in [-0.2, -0.15) is 0 Å². The zero-order valence-corrected chi connectivity index (χ0v) is 12.2. The topological polar surface area (TPSA) is 47.3 Å². The Balaban J connectivity index is 3.02. The molecule has 0 saturated heterocycles. The first-order chi connectivity index (χ1) is 8.40. The molecule has 102 valence electrons. The number of rotatable bonds is 5. The third-order valence-electron chi connectivity index (χ3n) is 3.12. The quantitative estimate of drug-likeness (QED) is 0.624. The molecule has 0 heterocycles. The molecule has 0 bridgehead atoms. The molecule has 1 aromatic carbocycles. The lowest BCUT2D eigenvalue weighted by molar-refractivity contribution is -0.0366. The third-order valence-corrected chi connectivity index (χ3v) is 3.12. The Morgan fingerprint density at radius 3 is 2.17 bits per heavy atom. The maximum Gasteiger partial charge on any atom is 0.0830 e. The van der Waals surface area contributed by atoms with Crippen molar-refractivity contribution in [3.05, 3.63) is 35.4 Å². The molecule has 0 spiro atoms. The SMILES string of the molecule is CCOC(C(NN)c1ccc(C)cc1)C(C)(C)C. The van der Waals surface area contributed by atoms with Crippen LogP contribution < -0.4 is 11.3 Å². The smallest absolute Gasteiger partial charge is 0.0830 e. The van der Waals surface area contributed by atoms with Gasteiger partial charge in [-0.15, -0.1) is 0 Å². The monoisotopic (exact) mass is 250 g/mol. The molecule has 3 N–H and O–H groups in total. The Bertz CT molecular complexity index is 354. The molecule has 0 amide bonds. The second-order valence-corrected chi connectivity index (χ2v) is 5.80. The molecule has 0 aliphatic heterocycles. The van der Waals surface area contributed by atoms with E-state index in [2.05, 4.69) is 57.4 Å². The van der Waals surface area contributed by atoms with Crippen LogP contribution in [0.15, 0.2) is 24.3 Å². The van der Waals surface area contributed by atoms with Gasteiger partial charge in [0.1, 0.15) is 0 Å². The number of hydrogen-bond donors (Lipinski definition) is 2. The van der Waals surface area contributed by atoms with Gasteiger partial charge >= 0.3 is 0 Å². The van der Waals surface area contributed by atoms with Crippen LogP contribution in [-0.4, -0.2) is 12.7 Å². The number of ether oxygens (including phenoxy) is 1. The summed E-state index contributed by atoms with van der Waals surface area (Å²) >= 11 is 0. The van der Waals surface area contributed by atoms with Gasteiger partial charge in [0.05, 0.1) is 12.1 Å². The molecule has 3 nitrogen and oxygen atoms in total. The second kappa shape index (κ2) is 6.32. The summed E-state index contributed by atoms with van der Waals surface area (Å²) in [6.45, 7) is 11.3. The number of benzene rings is 1. The van der Waals surface area contributed by atoms with Crippen LogP contribution >= 0.6 is 0 Å². The van der Waals surface area contributed by atoms with Crippen LogP contribution in [0.2, 0.25) is 0 Å². The van der Waals surface area contributed by atoms with Crippen LogP contribution in [0.1, 0.15) is 44.9 Å². The summed E-state index contributed by atoms with van der Waals surface area (Å²) < 4.78 is 5.90. The maximum absolute atomic E-state index is 5.90. The van der Waals surface area contributed by atoms with E-state index in [1.165, 1.54) is 5.56 Å². The first-order valence-electron chi connectivity index (χ1n) is 6.54. The number of aryl methyl sites for hydroxylation is 1. The highest BCUT2D eigenvalue weighted by Gasteiger charge is 2.33. The Hall–Kier alpha value is -0.900. The molecule has 3 heteroatoms. The average Bonchev–Trinajstić information content (AvgIpc) is 2.30. The van der Waals surface area contributed by atoms with Crippen LogP contribution in [0.3, 0.4) is 0 Å². The highest BCUT2D eigenvalue weighted by molar-refractivity contribution is 5.25. The van der Waals surface area contributed by atoms with Crippen LogP contribution in [0.4, 0.5) is 0 Å². The molecule has 0 aromatic heterocycles. The minimum absolute atomic E-state index is 0.00514. The Kier molecular flexibility index (Phi) is 5.32. The van der Waals surface area contributed by atoms with Gasteiger partial charge in [0.2, 0.25) is 0 Å². The standard InChI is InChI=1S/C15H26N2O/c1-6-18-14(15(3,4)5)13(17-16)12-9-7-11(2)8-10-12/h7-10,13-14,17H,6,16H2,1-5H3.